The largest absolute Gasteiger partial charge is 0.493 e. The monoisotopic (exact) mass is 376 g/mol. The Morgan fingerprint density at radius 1 is 1.31 bits per heavy atom. The molecule has 2 N–H and O–H groups in total. The van der Waals surface area contributed by atoms with E-state index in [-0.39, 0.29) is 24.2 Å². The van der Waals surface area contributed by atoms with E-state index >= 15 is 0 Å². The van der Waals surface area contributed by atoms with E-state index in [2.05, 4.69) is 10.3 Å². The molecule has 0 saturated heterocycles. The van der Waals surface area contributed by atoms with E-state index in [9.17, 15) is 9.59 Å². The number of hydrogen-bond donors (Lipinski definition) is 2. The van der Waals surface area contributed by atoms with Gasteiger partial charge in [0.15, 0.2) is 17.2 Å². The summed E-state index contributed by atoms with van der Waals surface area (Å²) >= 11 is 1.19. The fraction of sp³-hybridized carbons (Fsp3) is 0.389. The first-order chi connectivity index (χ1) is 12.6. The van der Waals surface area contributed by atoms with Crippen molar-refractivity contribution in [2.24, 2.45) is 0 Å². The van der Waals surface area contributed by atoms with E-state index in [1.807, 2.05) is 0 Å². The van der Waals surface area contributed by atoms with Crippen LogP contribution in [-0.4, -0.2) is 35.2 Å². The van der Waals surface area contributed by atoms with Gasteiger partial charge in [-0.1, -0.05) is 0 Å². The van der Waals surface area contributed by atoms with Crippen LogP contribution in [0.4, 0.5) is 0 Å². The van der Waals surface area contributed by atoms with Crippen molar-refractivity contribution in [3.05, 3.63) is 39.8 Å². The van der Waals surface area contributed by atoms with E-state index in [1.54, 1.807) is 25.3 Å². The zero-order valence-electron chi connectivity index (χ0n) is 14.4. The van der Waals surface area contributed by atoms with E-state index in [1.165, 1.54) is 16.7 Å². The molecule has 0 radical (unpaired) electrons. The molecule has 0 atom stereocenters. The van der Waals surface area contributed by atoms with Crippen LogP contribution in [-0.2, 0) is 6.54 Å². The summed E-state index contributed by atoms with van der Waals surface area (Å²) in [4.78, 5) is 27.2. The number of methoxy groups -OCH3 is 1. The zero-order valence-corrected chi connectivity index (χ0v) is 15.2. The lowest BCUT2D eigenvalue weighted by atomic mass is 10.2. The van der Waals surface area contributed by atoms with Gasteiger partial charge in [0.2, 0.25) is 0 Å². The Morgan fingerprint density at radius 2 is 2.08 bits per heavy atom. The van der Waals surface area contributed by atoms with Gasteiger partial charge in [-0.05, 0) is 43.9 Å². The van der Waals surface area contributed by atoms with Gasteiger partial charge in [-0.15, -0.1) is 11.3 Å². The van der Waals surface area contributed by atoms with Crippen molar-refractivity contribution >= 4 is 23.2 Å². The third kappa shape index (κ3) is 4.32. The fourth-order valence-corrected chi connectivity index (χ4v) is 3.55. The first-order valence-electron chi connectivity index (χ1n) is 8.37. The third-order valence-electron chi connectivity index (χ3n) is 4.19. The molecule has 1 aromatic carbocycles. The SMILES string of the molecule is COc1ccc(C(=O)NCc2nc(C(=O)O)cs2)cc1OC1CCCC1. The summed E-state index contributed by atoms with van der Waals surface area (Å²) in [5.41, 5.74) is 0.435. The van der Waals surface area contributed by atoms with Crippen molar-refractivity contribution < 1.29 is 24.2 Å². The van der Waals surface area contributed by atoms with Crippen molar-refractivity contribution in [1.82, 2.24) is 10.3 Å². The highest BCUT2D eigenvalue weighted by atomic mass is 32.1. The first-order valence-corrected chi connectivity index (χ1v) is 9.25. The number of hydrogen-bond acceptors (Lipinski definition) is 6. The molecule has 2 aromatic rings. The Kier molecular flexibility index (Phi) is 5.72. The maximum Gasteiger partial charge on any atom is 0.355 e. The van der Waals surface area contributed by atoms with E-state index < -0.39 is 5.97 Å². The highest BCUT2D eigenvalue weighted by Gasteiger charge is 2.19. The lowest BCUT2D eigenvalue weighted by Gasteiger charge is -2.16. The number of carbonyl (C=O) groups is 2. The smallest absolute Gasteiger partial charge is 0.355 e. The number of carboxylic acids is 1. The minimum atomic E-state index is -1.08. The lowest BCUT2D eigenvalue weighted by Crippen LogP contribution is -2.23. The van der Waals surface area contributed by atoms with Crippen LogP contribution in [0.25, 0.3) is 0 Å². The predicted molar refractivity (Wildman–Crippen MR) is 96.1 cm³/mol. The molecule has 1 aromatic heterocycles. The molecule has 3 rings (SSSR count). The fourth-order valence-electron chi connectivity index (χ4n) is 2.84. The molecule has 1 aliphatic rings. The number of aromatic carboxylic acids is 1. The third-order valence-corrected chi connectivity index (χ3v) is 5.04. The molecule has 8 heteroatoms. The normalized spacial score (nSPS) is 14.2. The molecule has 1 saturated carbocycles. The highest BCUT2D eigenvalue weighted by Crippen LogP contribution is 2.32. The number of aromatic nitrogens is 1. The maximum absolute atomic E-state index is 12.4. The molecule has 0 spiro atoms. The van der Waals surface area contributed by atoms with Crippen LogP contribution in [0, 0.1) is 0 Å². The van der Waals surface area contributed by atoms with Crippen molar-refractivity contribution in [3.8, 4) is 11.5 Å². The summed E-state index contributed by atoms with van der Waals surface area (Å²) in [6.45, 7) is 0.168. The average Bonchev–Trinajstić information content (AvgIpc) is 3.31. The van der Waals surface area contributed by atoms with Crippen LogP contribution in [0.3, 0.4) is 0 Å². The Morgan fingerprint density at radius 3 is 2.73 bits per heavy atom. The number of carboxylic acid groups (broad SMARTS) is 1. The number of nitrogens with zero attached hydrogens (tertiary/aromatic N) is 1. The van der Waals surface area contributed by atoms with Gasteiger partial charge in [0, 0.05) is 10.9 Å². The van der Waals surface area contributed by atoms with Gasteiger partial charge in [0.05, 0.1) is 19.8 Å². The van der Waals surface area contributed by atoms with Gasteiger partial charge in [-0.3, -0.25) is 4.79 Å². The van der Waals surface area contributed by atoms with Gasteiger partial charge >= 0.3 is 5.97 Å². The van der Waals surface area contributed by atoms with Crippen molar-refractivity contribution in [3.63, 3.8) is 0 Å². The topological polar surface area (TPSA) is 97.8 Å². The van der Waals surface area contributed by atoms with Gasteiger partial charge < -0.3 is 19.9 Å². The molecular formula is C18H20N2O5S. The number of carbonyl (C=O) groups excluding carboxylic acids is 1. The molecule has 0 bridgehead atoms. The summed E-state index contributed by atoms with van der Waals surface area (Å²) in [5, 5.41) is 13.6. The number of amides is 1. The van der Waals surface area contributed by atoms with Crippen molar-refractivity contribution in [2.75, 3.05) is 7.11 Å². The molecule has 138 valence electrons. The molecule has 0 unspecified atom stereocenters. The number of thiazole rings is 1. The highest BCUT2D eigenvalue weighted by molar-refractivity contribution is 7.09. The summed E-state index contributed by atoms with van der Waals surface area (Å²) < 4.78 is 11.3. The summed E-state index contributed by atoms with van der Waals surface area (Å²) in [6, 6.07) is 5.06. The van der Waals surface area contributed by atoms with Gasteiger partial charge in [0.25, 0.3) is 5.91 Å². The summed E-state index contributed by atoms with van der Waals surface area (Å²) in [7, 11) is 1.57. The molecule has 0 aliphatic heterocycles. The molecule has 26 heavy (non-hydrogen) atoms. The minimum Gasteiger partial charge on any atom is -0.493 e. The van der Waals surface area contributed by atoms with Crippen molar-refractivity contribution in [2.45, 2.75) is 38.3 Å². The number of benzene rings is 1. The van der Waals surface area contributed by atoms with E-state index in [0.29, 0.717) is 22.1 Å². The van der Waals surface area contributed by atoms with Crippen LogP contribution >= 0.6 is 11.3 Å². The second-order valence-electron chi connectivity index (χ2n) is 6.00. The molecular weight excluding hydrogens is 356 g/mol. The molecule has 1 fully saturated rings. The number of rotatable bonds is 7. The molecule has 1 amide bonds. The second kappa shape index (κ2) is 8.18. The Labute approximate surface area is 155 Å². The Balaban J connectivity index is 1.66. The van der Waals surface area contributed by atoms with Crippen molar-refractivity contribution in [1.29, 1.82) is 0 Å². The first kappa shape index (κ1) is 18.2. The van der Waals surface area contributed by atoms with Crippen LogP contribution in [0.2, 0.25) is 0 Å². The summed E-state index contributed by atoms with van der Waals surface area (Å²) in [6.07, 6.45) is 4.48. The number of nitrogens with one attached hydrogen (secondary N) is 1. The van der Waals surface area contributed by atoms with Crippen LogP contribution in [0.1, 0.15) is 51.5 Å². The zero-order chi connectivity index (χ0) is 18.5. The average molecular weight is 376 g/mol. The predicted octanol–water partition coefficient (Wildman–Crippen LogP) is 3.10. The van der Waals surface area contributed by atoms with Gasteiger partial charge in [-0.25, -0.2) is 9.78 Å². The molecule has 1 aliphatic carbocycles. The van der Waals surface area contributed by atoms with Gasteiger partial charge in [0.1, 0.15) is 5.01 Å². The number of ether oxygens (including phenoxy) is 2. The van der Waals surface area contributed by atoms with Crippen LogP contribution < -0.4 is 14.8 Å². The Bertz CT molecular complexity index is 799. The maximum atomic E-state index is 12.4. The quantitative estimate of drug-likeness (QED) is 0.771. The van der Waals surface area contributed by atoms with Crippen LogP contribution in [0.15, 0.2) is 23.6 Å². The molecule has 1 heterocycles. The summed E-state index contributed by atoms with van der Waals surface area (Å²) in [5.74, 6) is -0.201. The van der Waals surface area contributed by atoms with E-state index in [4.69, 9.17) is 14.6 Å². The Hall–Kier alpha value is -2.61. The standard InChI is InChI=1S/C18H20N2O5S/c1-24-14-7-6-11(8-15(14)25-12-4-2-3-5-12)17(21)19-9-16-20-13(10-26-16)18(22)23/h6-8,10,12H,2-5,9H2,1H3,(H,19,21)(H,22,23). The van der Waals surface area contributed by atoms with Gasteiger partial charge in [-0.2, -0.15) is 0 Å². The minimum absolute atomic E-state index is 0.0176. The van der Waals surface area contributed by atoms with Crippen LogP contribution in [0.5, 0.6) is 11.5 Å². The lowest BCUT2D eigenvalue weighted by molar-refractivity contribution is 0.0691. The second-order valence-corrected chi connectivity index (χ2v) is 6.95. The van der Waals surface area contributed by atoms with E-state index in [0.717, 1.165) is 25.7 Å². The molecule has 7 nitrogen and oxygen atoms in total.